The van der Waals surface area contributed by atoms with Crippen LogP contribution in [0.2, 0.25) is 0 Å². The minimum absolute atomic E-state index is 0.0455. The van der Waals surface area contributed by atoms with E-state index in [4.69, 9.17) is 9.15 Å². The molecule has 3 aromatic rings. The first-order valence-corrected chi connectivity index (χ1v) is 7.77. The maximum atomic E-state index is 12.3. The average Bonchev–Trinajstić information content (AvgIpc) is 3.19. The number of aromatic nitrogens is 3. The lowest BCUT2D eigenvalue weighted by Gasteiger charge is -2.10. The van der Waals surface area contributed by atoms with Gasteiger partial charge in [-0.15, -0.1) is 0 Å². The molecule has 3 heterocycles. The number of furan rings is 1. The van der Waals surface area contributed by atoms with Gasteiger partial charge < -0.3 is 9.15 Å². The third-order valence-corrected chi connectivity index (χ3v) is 3.57. The fourth-order valence-electron chi connectivity index (χ4n) is 2.53. The van der Waals surface area contributed by atoms with Crippen molar-refractivity contribution in [2.75, 3.05) is 6.61 Å². The molecule has 0 spiro atoms. The molecule has 0 aromatic carbocycles. The number of hydrogen-bond donors (Lipinski definition) is 0. The molecule has 120 valence electrons. The smallest absolute Gasteiger partial charge is 0.168 e. The molecule has 0 bridgehead atoms. The van der Waals surface area contributed by atoms with Gasteiger partial charge in [0.15, 0.2) is 11.4 Å². The first-order valence-electron chi connectivity index (χ1n) is 7.77. The highest BCUT2D eigenvalue weighted by atomic mass is 16.5. The highest BCUT2D eigenvalue weighted by molar-refractivity contribution is 6.03. The number of pyridine rings is 1. The summed E-state index contributed by atoms with van der Waals surface area (Å²) in [5.41, 5.74) is 1.21. The zero-order valence-corrected chi connectivity index (χ0v) is 13.3. The van der Waals surface area contributed by atoms with E-state index in [-0.39, 0.29) is 5.78 Å². The Balaban J connectivity index is 2.05. The summed E-state index contributed by atoms with van der Waals surface area (Å²) in [5, 5.41) is 5.11. The predicted molar refractivity (Wildman–Crippen MR) is 85.7 cm³/mol. The van der Waals surface area contributed by atoms with Crippen LogP contribution in [0.5, 0.6) is 5.75 Å². The van der Waals surface area contributed by atoms with E-state index in [1.54, 1.807) is 23.3 Å². The van der Waals surface area contributed by atoms with E-state index in [9.17, 15) is 4.79 Å². The molecule has 0 fully saturated rings. The Bertz CT molecular complexity index is 806. The predicted octanol–water partition coefficient (Wildman–Crippen LogP) is 3.45. The Morgan fingerprint density at radius 3 is 2.91 bits per heavy atom. The molecule has 0 amide bonds. The van der Waals surface area contributed by atoms with Crippen LogP contribution in [0, 0.1) is 0 Å². The number of carbonyl (C=O) groups is 1. The van der Waals surface area contributed by atoms with Crippen LogP contribution in [0.4, 0.5) is 0 Å². The van der Waals surface area contributed by atoms with Gasteiger partial charge in [0.25, 0.3) is 0 Å². The van der Waals surface area contributed by atoms with Gasteiger partial charge in [0.05, 0.1) is 30.0 Å². The van der Waals surface area contributed by atoms with E-state index in [1.807, 2.05) is 26.0 Å². The van der Waals surface area contributed by atoms with Gasteiger partial charge in [0.1, 0.15) is 18.1 Å². The van der Waals surface area contributed by atoms with E-state index in [0.717, 1.165) is 17.6 Å². The number of carbonyl (C=O) groups excluding carboxylic acids is 1. The lowest BCUT2D eigenvalue weighted by atomic mass is 10.1. The van der Waals surface area contributed by atoms with Crippen molar-refractivity contribution in [2.45, 2.75) is 33.2 Å². The standard InChI is InChI=1S/C17H19N3O3/c1-3-6-15(21)13-9-18-17-14(16(13)22-4-2)10-19-20(17)11-12-7-5-8-23-12/h5,7-10H,3-4,6,11H2,1-2H3. The highest BCUT2D eigenvalue weighted by Crippen LogP contribution is 2.29. The van der Waals surface area contributed by atoms with E-state index < -0.39 is 0 Å². The topological polar surface area (TPSA) is 70.2 Å². The number of ether oxygens (including phenoxy) is 1. The molecule has 3 aromatic heterocycles. The van der Waals surface area contributed by atoms with Crippen LogP contribution < -0.4 is 4.74 Å². The van der Waals surface area contributed by atoms with Crippen LogP contribution >= 0.6 is 0 Å². The number of rotatable bonds is 7. The van der Waals surface area contributed by atoms with E-state index in [0.29, 0.717) is 36.5 Å². The molecule has 23 heavy (non-hydrogen) atoms. The molecule has 0 radical (unpaired) electrons. The molecule has 0 aliphatic heterocycles. The van der Waals surface area contributed by atoms with Crippen LogP contribution in [-0.4, -0.2) is 27.2 Å². The van der Waals surface area contributed by atoms with Crippen molar-refractivity contribution in [3.05, 3.63) is 42.1 Å². The normalized spacial score (nSPS) is 11.0. The number of ketones is 1. The second-order valence-corrected chi connectivity index (χ2v) is 5.23. The van der Waals surface area contributed by atoms with Gasteiger partial charge in [0, 0.05) is 12.6 Å². The first-order chi connectivity index (χ1) is 11.2. The Hall–Kier alpha value is -2.63. The fraction of sp³-hybridized carbons (Fsp3) is 0.353. The van der Waals surface area contributed by atoms with Crippen LogP contribution in [-0.2, 0) is 6.54 Å². The Morgan fingerprint density at radius 2 is 2.22 bits per heavy atom. The largest absolute Gasteiger partial charge is 0.492 e. The number of fused-ring (bicyclic) bond motifs is 1. The lowest BCUT2D eigenvalue weighted by molar-refractivity contribution is 0.0978. The number of nitrogens with zero attached hydrogens (tertiary/aromatic N) is 3. The average molecular weight is 313 g/mol. The van der Waals surface area contributed by atoms with E-state index in [1.165, 1.54) is 0 Å². The Kier molecular flexibility index (Phi) is 4.41. The van der Waals surface area contributed by atoms with Gasteiger partial charge in [-0.1, -0.05) is 6.92 Å². The van der Waals surface area contributed by atoms with Gasteiger partial charge in [-0.05, 0) is 25.5 Å². The molecular weight excluding hydrogens is 294 g/mol. The summed E-state index contributed by atoms with van der Waals surface area (Å²) in [4.78, 5) is 16.7. The second-order valence-electron chi connectivity index (χ2n) is 5.23. The van der Waals surface area contributed by atoms with Gasteiger partial charge in [-0.3, -0.25) is 4.79 Å². The summed E-state index contributed by atoms with van der Waals surface area (Å²) >= 11 is 0. The van der Waals surface area contributed by atoms with Crippen molar-refractivity contribution in [2.24, 2.45) is 0 Å². The summed E-state index contributed by atoms with van der Waals surface area (Å²) in [6.07, 6.45) is 6.18. The molecule has 6 nitrogen and oxygen atoms in total. The molecule has 6 heteroatoms. The molecule has 3 rings (SSSR count). The van der Waals surface area contributed by atoms with Crippen molar-refractivity contribution in [1.29, 1.82) is 0 Å². The molecule has 0 atom stereocenters. The summed E-state index contributed by atoms with van der Waals surface area (Å²) in [7, 11) is 0. The quantitative estimate of drug-likeness (QED) is 0.625. The van der Waals surface area contributed by atoms with Gasteiger partial charge in [-0.25, -0.2) is 9.67 Å². The first kappa shape index (κ1) is 15.3. The Morgan fingerprint density at radius 1 is 1.35 bits per heavy atom. The van der Waals surface area contributed by atoms with Crippen molar-refractivity contribution >= 4 is 16.8 Å². The van der Waals surface area contributed by atoms with Crippen molar-refractivity contribution in [3.63, 3.8) is 0 Å². The highest BCUT2D eigenvalue weighted by Gasteiger charge is 2.19. The number of Topliss-reactive ketones (excluding diaryl/α,β-unsaturated/α-hetero) is 1. The van der Waals surface area contributed by atoms with Gasteiger partial charge in [-0.2, -0.15) is 5.10 Å². The monoisotopic (exact) mass is 313 g/mol. The second kappa shape index (κ2) is 6.64. The summed E-state index contributed by atoms with van der Waals surface area (Å²) in [6, 6.07) is 3.72. The van der Waals surface area contributed by atoms with Crippen LogP contribution in [0.15, 0.2) is 35.2 Å². The minimum atomic E-state index is 0.0455. The lowest BCUT2D eigenvalue weighted by Crippen LogP contribution is -2.06. The Labute approximate surface area is 134 Å². The van der Waals surface area contributed by atoms with Gasteiger partial charge in [0.2, 0.25) is 0 Å². The van der Waals surface area contributed by atoms with Crippen molar-refractivity contribution in [3.8, 4) is 5.75 Å². The maximum Gasteiger partial charge on any atom is 0.168 e. The van der Waals surface area contributed by atoms with E-state index in [2.05, 4.69) is 10.1 Å². The van der Waals surface area contributed by atoms with Crippen LogP contribution in [0.3, 0.4) is 0 Å². The third-order valence-electron chi connectivity index (χ3n) is 3.57. The molecule has 0 aliphatic carbocycles. The molecule has 0 saturated carbocycles. The zero-order chi connectivity index (χ0) is 16.2. The molecule has 0 aliphatic rings. The maximum absolute atomic E-state index is 12.3. The minimum Gasteiger partial charge on any atom is -0.492 e. The van der Waals surface area contributed by atoms with Crippen molar-refractivity contribution in [1.82, 2.24) is 14.8 Å². The molecular formula is C17H19N3O3. The molecule has 0 unspecified atom stereocenters. The summed E-state index contributed by atoms with van der Waals surface area (Å²) < 4.78 is 12.8. The zero-order valence-electron chi connectivity index (χ0n) is 13.3. The van der Waals surface area contributed by atoms with Crippen LogP contribution in [0.25, 0.3) is 11.0 Å². The van der Waals surface area contributed by atoms with Crippen LogP contribution in [0.1, 0.15) is 42.8 Å². The summed E-state index contributed by atoms with van der Waals surface area (Å²) in [5.74, 6) is 1.41. The third kappa shape index (κ3) is 2.97. The fourth-order valence-corrected chi connectivity index (χ4v) is 2.53. The van der Waals surface area contributed by atoms with E-state index >= 15 is 0 Å². The van der Waals surface area contributed by atoms with Crippen molar-refractivity contribution < 1.29 is 13.9 Å². The summed E-state index contributed by atoms with van der Waals surface area (Å²) in [6.45, 7) is 4.84. The molecule has 0 N–H and O–H groups in total. The van der Waals surface area contributed by atoms with Gasteiger partial charge >= 0.3 is 0 Å². The molecule has 0 saturated heterocycles. The number of hydrogen-bond acceptors (Lipinski definition) is 5. The SMILES string of the molecule is CCCC(=O)c1cnc2c(cnn2Cc2ccco2)c1OCC.